The lowest BCUT2D eigenvalue weighted by molar-refractivity contribution is -0.0154. The third-order valence-electron chi connectivity index (χ3n) is 4.31. The van der Waals surface area contributed by atoms with Crippen molar-refractivity contribution < 1.29 is 19.0 Å². The Morgan fingerprint density at radius 3 is 2.90 bits per heavy atom. The number of aromatic nitrogens is 4. The molecule has 0 saturated carbocycles. The maximum Gasteiger partial charge on any atom is 0.257 e. The Hall–Kier alpha value is -4.15. The second kappa shape index (κ2) is 8.07. The van der Waals surface area contributed by atoms with Crippen molar-refractivity contribution in [3.05, 3.63) is 69.9 Å². The molecule has 1 aromatic heterocycles. The molecule has 1 aliphatic heterocycles. The van der Waals surface area contributed by atoms with E-state index in [1.54, 1.807) is 42.5 Å². The third-order valence-corrected chi connectivity index (χ3v) is 4.31. The molecule has 152 valence electrons. The number of nitrogens with zero attached hydrogens (tertiary/aromatic N) is 6. The van der Waals surface area contributed by atoms with Gasteiger partial charge in [-0.15, -0.1) is 10.2 Å². The number of H-pyrrole nitrogens is 1. The van der Waals surface area contributed by atoms with Gasteiger partial charge < -0.3 is 14.2 Å². The molecule has 0 fully saturated rings. The van der Waals surface area contributed by atoms with Crippen molar-refractivity contribution in [1.29, 1.82) is 0 Å². The quantitative estimate of drug-likeness (QED) is 0.195. The van der Waals surface area contributed by atoms with E-state index >= 15 is 0 Å². The predicted octanol–water partition coefficient (Wildman–Crippen LogP) is 1.70. The first-order chi connectivity index (χ1) is 14.6. The first-order valence-corrected chi connectivity index (χ1v) is 8.87. The van der Waals surface area contributed by atoms with Gasteiger partial charge in [0.05, 0.1) is 18.7 Å². The molecular weight excluding hydrogens is 392 g/mol. The van der Waals surface area contributed by atoms with E-state index in [4.69, 9.17) is 25.5 Å². The van der Waals surface area contributed by atoms with Crippen LogP contribution in [0, 0.1) is 0 Å². The number of nitrogens with two attached hydrogens (primary N) is 1. The fraction of sp³-hybridized carbons (Fsp3) is 0.222. The molecule has 1 unspecified atom stereocenters. The second-order valence-corrected chi connectivity index (χ2v) is 6.30. The van der Waals surface area contributed by atoms with E-state index in [9.17, 15) is 4.79 Å². The molecule has 12 nitrogen and oxygen atoms in total. The summed E-state index contributed by atoms with van der Waals surface area (Å²) in [5, 5.41) is 16.9. The number of carbonyl (C=O) groups is 1. The summed E-state index contributed by atoms with van der Waals surface area (Å²) in [4.78, 5) is 15.8. The monoisotopic (exact) mass is 408 g/mol. The van der Waals surface area contributed by atoms with Gasteiger partial charge in [-0.05, 0) is 47.1 Å². The van der Waals surface area contributed by atoms with Gasteiger partial charge in [-0.25, -0.2) is 0 Å². The Morgan fingerprint density at radius 1 is 1.33 bits per heavy atom. The van der Waals surface area contributed by atoms with E-state index in [-0.39, 0.29) is 42.7 Å². The summed E-state index contributed by atoms with van der Waals surface area (Å²) >= 11 is 0. The number of hydrogen-bond acceptors (Lipinski definition) is 9. The average Bonchev–Trinajstić information content (AvgIpc) is 3.32. The molecule has 3 N–H and O–H groups in total. The van der Waals surface area contributed by atoms with Gasteiger partial charge in [0.1, 0.15) is 12.4 Å². The van der Waals surface area contributed by atoms with Crippen LogP contribution < -0.4 is 19.9 Å². The summed E-state index contributed by atoms with van der Waals surface area (Å²) in [6.07, 6.45) is 0. The Bertz CT molecular complexity index is 1100. The highest BCUT2D eigenvalue weighted by Gasteiger charge is 2.41. The molecule has 0 spiro atoms. The van der Waals surface area contributed by atoms with E-state index in [1.165, 1.54) is 0 Å². The number of azide groups is 1. The van der Waals surface area contributed by atoms with Crippen LogP contribution in [0.25, 0.3) is 10.4 Å². The summed E-state index contributed by atoms with van der Waals surface area (Å²) in [6.45, 7) is 0.411. The molecule has 0 saturated heterocycles. The second-order valence-electron chi connectivity index (χ2n) is 6.30. The van der Waals surface area contributed by atoms with Crippen molar-refractivity contribution in [3.63, 3.8) is 0 Å². The molecule has 0 aliphatic carbocycles. The van der Waals surface area contributed by atoms with Gasteiger partial charge in [0.2, 0.25) is 5.82 Å². The van der Waals surface area contributed by atoms with E-state index in [0.29, 0.717) is 17.1 Å². The fourth-order valence-electron chi connectivity index (χ4n) is 2.87. The van der Waals surface area contributed by atoms with E-state index in [0.717, 1.165) is 0 Å². The van der Waals surface area contributed by atoms with E-state index < -0.39 is 5.72 Å². The van der Waals surface area contributed by atoms with Gasteiger partial charge in [-0.2, -0.15) is 5.21 Å². The summed E-state index contributed by atoms with van der Waals surface area (Å²) in [5.74, 6) is 0.970. The van der Waals surface area contributed by atoms with Gasteiger partial charge in [0.25, 0.3) is 5.72 Å². The smallest absolute Gasteiger partial charge is 0.257 e. The van der Waals surface area contributed by atoms with Crippen molar-refractivity contribution >= 4 is 5.78 Å². The maximum atomic E-state index is 13.1. The highest BCUT2D eigenvalue weighted by atomic mass is 16.6. The summed E-state index contributed by atoms with van der Waals surface area (Å²) in [5.41, 5.74) is 13.7. The number of tetrazole rings is 1. The Labute approximate surface area is 169 Å². The molecule has 0 radical (unpaired) electrons. The molecule has 4 rings (SSSR count). The molecule has 1 atom stereocenters. The number of hydrogen-bond donors (Lipinski definition) is 2. The Balaban J connectivity index is 1.57. The summed E-state index contributed by atoms with van der Waals surface area (Å²) in [6, 6.07) is 11.6. The van der Waals surface area contributed by atoms with Crippen LogP contribution >= 0.6 is 0 Å². The zero-order valence-electron chi connectivity index (χ0n) is 15.6. The number of nitrogens with one attached hydrogen (secondary N) is 1. The highest BCUT2D eigenvalue weighted by molar-refractivity contribution is 6.11. The molecule has 2 heterocycles. The fourth-order valence-corrected chi connectivity index (χ4v) is 2.87. The van der Waals surface area contributed by atoms with Gasteiger partial charge in [0.15, 0.2) is 17.3 Å². The number of rotatable bonds is 7. The van der Waals surface area contributed by atoms with Crippen molar-refractivity contribution in [3.8, 4) is 17.2 Å². The van der Waals surface area contributed by atoms with E-state index in [1.807, 2.05) is 0 Å². The first kappa shape index (κ1) is 19.2. The van der Waals surface area contributed by atoms with E-state index in [2.05, 4.69) is 30.7 Å². The SMILES string of the molecule is [N-]=[N+]=NCCOc1ccc(C(=O)c2cccc3c2OC(N)(c2nn[nH]n2)CO3)cc1. The number of carbonyl (C=O) groups excluding carboxylic acids is 1. The highest BCUT2D eigenvalue weighted by Crippen LogP contribution is 2.40. The first-order valence-electron chi connectivity index (χ1n) is 8.87. The van der Waals surface area contributed by atoms with Crippen LogP contribution in [-0.2, 0) is 5.72 Å². The van der Waals surface area contributed by atoms with Crippen LogP contribution in [0.2, 0.25) is 0 Å². The third kappa shape index (κ3) is 3.72. The number of ketones is 1. The number of fused-ring (bicyclic) bond motifs is 1. The number of aromatic amines is 1. The standard InChI is InChI=1S/C18H16N8O4/c19-18(17-22-25-26-23-17)10-29-14-3-1-2-13(16(14)30-18)15(27)11-4-6-12(7-5-11)28-9-8-21-24-20/h1-7H,8-10,19H2,(H,22,23,25,26). The van der Waals surface area contributed by atoms with Crippen LogP contribution in [0.1, 0.15) is 21.7 Å². The minimum atomic E-state index is -1.49. The van der Waals surface area contributed by atoms with Crippen LogP contribution in [-0.4, -0.2) is 46.2 Å². The molecular formula is C18H16N8O4. The molecule has 0 amide bonds. The average molecular weight is 408 g/mol. The molecule has 0 bridgehead atoms. The minimum absolute atomic E-state index is 0.0426. The molecule has 30 heavy (non-hydrogen) atoms. The lowest BCUT2D eigenvalue weighted by Crippen LogP contribution is -2.51. The van der Waals surface area contributed by atoms with Crippen LogP contribution in [0.5, 0.6) is 17.2 Å². The van der Waals surface area contributed by atoms with Gasteiger partial charge in [-0.1, -0.05) is 11.2 Å². The van der Waals surface area contributed by atoms with Crippen molar-refractivity contribution in [2.45, 2.75) is 5.72 Å². The summed E-state index contributed by atoms with van der Waals surface area (Å²) < 4.78 is 17.1. The van der Waals surface area contributed by atoms with Crippen molar-refractivity contribution in [1.82, 2.24) is 20.6 Å². The maximum absolute atomic E-state index is 13.1. The van der Waals surface area contributed by atoms with Gasteiger partial charge in [0, 0.05) is 10.5 Å². The van der Waals surface area contributed by atoms with Gasteiger partial charge >= 0.3 is 0 Å². The zero-order chi connectivity index (χ0) is 21.0. The molecule has 2 aromatic carbocycles. The van der Waals surface area contributed by atoms with Crippen molar-refractivity contribution in [2.75, 3.05) is 19.8 Å². The van der Waals surface area contributed by atoms with Crippen LogP contribution in [0.3, 0.4) is 0 Å². The lowest BCUT2D eigenvalue weighted by atomic mass is 10.0. The number of ether oxygens (including phenoxy) is 3. The van der Waals surface area contributed by atoms with Crippen LogP contribution in [0.4, 0.5) is 0 Å². The predicted molar refractivity (Wildman–Crippen MR) is 102 cm³/mol. The number of para-hydroxylation sites is 1. The molecule has 12 heteroatoms. The zero-order valence-corrected chi connectivity index (χ0v) is 15.6. The Kier molecular flexibility index (Phi) is 5.16. The summed E-state index contributed by atoms with van der Waals surface area (Å²) in [7, 11) is 0. The van der Waals surface area contributed by atoms with Crippen LogP contribution in [0.15, 0.2) is 47.6 Å². The minimum Gasteiger partial charge on any atom is -0.493 e. The topological polar surface area (TPSA) is 174 Å². The largest absolute Gasteiger partial charge is 0.493 e. The molecule has 1 aliphatic rings. The number of benzene rings is 2. The molecule has 3 aromatic rings. The van der Waals surface area contributed by atoms with Gasteiger partial charge in [-0.3, -0.25) is 10.5 Å². The Morgan fingerprint density at radius 2 is 2.17 bits per heavy atom. The normalized spacial score (nSPS) is 17.1. The van der Waals surface area contributed by atoms with Crippen molar-refractivity contribution in [2.24, 2.45) is 10.8 Å². The lowest BCUT2D eigenvalue weighted by Gasteiger charge is -2.33.